The van der Waals surface area contributed by atoms with Crippen LogP contribution in [0.4, 0.5) is 20.2 Å². The first-order chi connectivity index (χ1) is 10.0. The average Bonchev–Trinajstić information content (AvgIpc) is 2.44. The van der Waals surface area contributed by atoms with Crippen LogP contribution in [0.5, 0.6) is 0 Å². The lowest BCUT2D eigenvalue weighted by Crippen LogP contribution is -2.34. The molecule has 2 aromatic carbocycles. The van der Waals surface area contributed by atoms with Crippen LogP contribution in [0.25, 0.3) is 0 Å². The molecule has 0 unspecified atom stereocenters. The Balaban J connectivity index is 1.96. The van der Waals surface area contributed by atoms with Gasteiger partial charge in [0.15, 0.2) is 0 Å². The third-order valence-corrected chi connectivity index (χ3v) is 3.65. The Morgan fingerprint density at radius 1 is 1.10 bits per heavy atom. The summed E-state index contributed by atoms with van der Waals surface area (Å²) in [6, 6.07) is 8.69. The van der Waals surface area contributed by atoms with E-state index in [4.69, 9.17) is 5.73 Å². The Bertz CT molecular complexity index is 715. The second-order valence-electron chi connectivity index (χ2n) is 5.10. The van der Waals surface area contributed by atoms with E-state index < -0.39 is 5.82 Å². The maximum Gasteiger partial charge on any atom is 0.227 e. The number of nitrogens with two attached hydrogens (primary N) is 1. The lowest BCUT2D eigenvalue weighted by molar-refractivity contribution is -0.119. The minimum Gasteiger partial charge on any atom is -0.399 e. The third-order valence-electron chi connectivity index (χ3n) is 3.65. The second-order valence-corrected chi connectivity index (χ2v) is 5.10. The fourth-order valence-electron chi connectivity index (χ4n) is 2.56. The molecule has 1 aliphatic rings. The molecule has 2 aromatic rings. The Morgan fingerprint density at radius 2 is 1.90 bits per heavy atom. The summed E-state index contributed by atoms with van der Waals surface area (Å²) in [5.74, 6) is -0.871. The normalized spacial score (nSPS) is 14.2. The summed E-state index contributed by atoms with van der Waals surface area (Å²) < 4.78 is 27.2. The molecule has 1 aliphatic heterocycles. The van der Waals surface area contributed by atoms with Gasteiger partial charge >= 0.3 is 0 Å². The van der Waals surface area contributed by atoms with Gasteiger partial charge in [-0.3, -0.25) is 4.79 Å². The molecule has 0 saturated heterocycles. The van der Waals surface area contributed by atoms with Crippen molar-refractivity contribution in [2.75, 3.05) is 10.6 Å². The van der Waals surface area contributed by atoms with Gasteiger partial charge in [-0.05, 0) is 42.3 Å². The molecule has 2 N–H and O–H groups in total. The van der Waals surface area contributed by atoms with E-state index in [0.717, 1.165) is 5.56 Å². The van der Waals surface area contributed by atoms with Gasteiger partial charge in [0.2, 0.25) is 5.91 Å². The number of benzene rings is 2. The number of hydrogen-bond donors (Lipinski definition) is 1. The van der Waals surface area contributed by atoms with Gasteiger partial charge in [0, 0.05) is 23.4 Å². The van der Waals surface area contributed by atoms with Crippen molar-refractivity contribution in [1.29, 1.82) is 0 Å². The van der Waals surface area contributed by atoms with Gasteiger partial charge in [-0.25, -0.2) is 8.78 Å². The molecule has 0 bridgehead atoms. The highest BCUT2D eigenvalue weighted by Gasteiger charge is 2.25. The van der Waals surface area contributed by atoms with Crippen molar-refractivity contribution in [2.45, 2.75) is 19.4 Å². The number of nitrogen functional groups attached to an aromatic ring is 1. The number of fused-ring (bicyclic) bond motifs is 1. The zero-order chi connectivity index (χ0) is 15.0. The van der Waals surface area contributed by atoms with E-state index in [2.05, 4.69) is 0 Å². The zero-order valence-corrected chi connectivity index (χ0v) is 11.3. The number of amides is 1. The van der Waals surface area contributed by atoms with Crippen molar-refractivity contribution in [3.63, 3.8) is 0 Å². The number of halogens is 2. The first kappa shape index (κ1) is 13.5. The van der Waals surface area contributed by atoms with E-state index in [9.17, 15) is 13.6 Å². The minimum atomic E-state index is -0.447. The summed E-state index contributed by atoms with van der Waals surface area (Å²) in [7, 11) is 0. The third kappa shape index (κ3) is 2.59. The molecule has 0 saturated carbocycles. The highest BCUT2D eigenvalue weighted by atomic mass is 19.1. The summed E-state index contributed by atoms with van der Waals surface area (Å²) in [5.41, 5.74) is 7.65. The molecule has 3 nitrogen and oxygen atoms in total. The quantitative estimate of drug-likeness (QED) is 0.863. The molecule has 3 rings (SSSR count). The van der Waals surface area contributed by atoms with Gasteiger partial charge in [0.25, 0.3) is 0 Å². The number of nitrogens with zero attached hydrogens (tertiary/aromatic N) is 1. The fourth-order valence-corrected chi connectivity index (χ4v) is 2.56. The Labute approximate surface area is 121 Å². The molecule has 5 heteroatoms. The van der Waals surface area contributed by atoms with Crippen LogP contribution in [0.1, 0.15) is 17.5 Å². The molecule has 108 valence electrons. The summed E-state index contributed by atoms with van der Waals surface area (Å²) in [5, 5.41) is 0. The lowest BCUT2D eigenvalue weighted by atomic mass is 10.00. The van der Waals surface area contributed by atoms with Crippen molar-refractivity contribution >= 4 is 17.3 Å². The van der Waals surface area contributed by atoms with Gasteiger partial charge in [-0.1, -0.05) is 6.07 Å². The number of rotatable bonds is 2. The van der Waals surface area contributed by atoms with Crippen LogP contribution < -0.4 is 10.6 Å². The van der Waals surface area contributed by atoms with Gasteiger partial charge in [0.1, 0.15) is 11.6 Å². The van der Waals surface area contributed by atoms with Gasteiger partial charge in [-0.2, -0.15) is 0 Å². The molecule has 0 radical (unpaired) electrons. The van der Waals surface area contributed by atoms with Crippen molar-refractivity contribution in [1.82, 2.24) is 0 Å². The summed E-state index contributed by atoms with van der Waals surface area (Å²) in [4.78, 5) is 13.6. The first-order valence-corrected chi connectivity index (χ1v) is 6.67. The van der Waals surface area contributed by atoms with E-state index in [-0.39, 0.29) is 18.3 Å². The molecular formula is C16H14F2N2O. The summed E-state index contributed by atoms with van der Waals surface area (Å²) in [6.45, 7) is 0.115. The number of carbonyl (C=O) groups is 1. The largest absolute Gasteiger partial charge is 0.399 e. The van der Waals surface area contributed by atoms with Crippen LogP contribution in [-0.2, 0) is 17.8 Å². The zero-order valence-electron chi connectivity index (χ0n) is 11.3. The maximum atomic E-state index is 13.9. The maximum absolute atomic E-state index is 13.9. The Morgan fingerprint density at radius 3 is 2.67 bits per heavy atom. The predicted molar refractivity (Wildman–Crippen MR) is 76.7 cm³/mol. The van der Waals surface area contributed by atoms with Crippen molar-refractivity contribution in [3.8, 4) is 0 Å². The average molecular weight is 288 g/mol. The molecule has 21 heavy (non-hydrogen) atoms. The topological polar surface area (TPSA) is 46.3 Å². The van der Waals surface area contributed by atoms with Gasteiger partial charge in [-0.15, -0.1) is 0 Å². The van der Waals surface area contributed by atoms with Gasteiger partial charge < -0.3 is 10.6 Å². The standard InChI is InChI=1S/C16H14F2N2O/c17-12-3-5-15-10(7-12)2-6-16(21)20(15)9-11-1-4-13(19)8-14(11)18/h1,3-5,7-8H,2,6,9,19H2. The van der Waals surface area contributed by atoms with E-state index in [0.29, 0.717) is 29.8 Å². The number of carbonyl (C=O) groups excluding carboxylic acids is 1. The van der Waals surface area contributed by atoms with Crippen LogP contribution in [0, 0.1) is 11.6 Å². The van der Waals surface area contributed by atoms with Crippen molar-refractivity contribution in [2.24, 2.45) is 0 Å². The molecular weight excluding hydrogens is 274 g/mol. The fraction of sp³-hybridized carbons (Fsp3) is 0.188. The molecule has 0 atom stereocenters. The van der Waals surface area contributed by atoms with E-state index in [1.807, 2.05) is 0 Å². The van der Waals surface area contributed by atoms with Crippen LogP contribution in [0.3, 0.4) is 0 Å². The van der Waals surface area contributed by atoms with Gasteiger partial charge in [0.05, 0.1) is 6.54 Å². The SMILES string of the molecule is Nc1ccc(CN2C(=O)CCc3cc(F)ccc32)c(F)c1. The molecule has 1 amide bonds. The van der Waals surface area contributed by atoms with Crippen LogP contribution in [0.15, 0.2) is 36.4 Å². The summed E-state index contributed by atoms with van der Waals surface area (Å²) in [6.07, 6.45) is 0.805. The van der Waals surface area contributed by atoms with Crippen molar-refractivity contribution in [3.05, 3.63) is 59.2 Å². The second kappa shape index (κ2) is 5.16. The van der Waals surface area contributed by atoms with Crippen molar-refractivity contribution < 1.29 is 13.6 Å². The van der Waals surface area contributed by atoms with Crippen LogP contribution in [-0.4, -0.2) is 5.91 Å². The predicted octanol–water partition coefficient (Wildman–Crippen LogP) is 3.03. The first-order valence-electron chi connectivity index (χ1n) is 6.67. The smallest absolute Gasteiger partial charge is 0.227 e. The highest BCUT2D eigenvalue weighted by molar-refractivity contribution is 5.96. The minimum absolute atomic E-state index is 0.0923. The van der Waals surface area contributed by atoms with E-state index in [1.54, 1.807) is 18.2 Å². The summed E-state index contributed by atoms with van der Waals surface area (Å²) >= 11 is 0. The molecule has 0 aliphatic carbocycles. The van der Waals surface area contributed by atoms with Crippen LogP contribution >= 0.6 is 0 Å². The Kier molecular flexibility index (Phi) is 3.33. The molecule has 0 fully saturated rings. The monoisotopic (exact) mass is 288 g/mol. The number of aryl methyl sites for hydroxylation is 1. The Hall–Kier alpha value is -2.43. The van der Waals surface area contributed by atoms with E-state index >= 15 is 0 Å². The molecule has 0 spiro atoms. The highest BCUT2D eigenvalue weighted by Crippen LogP contribution is 2.30. The number of anilines is 2. The van der Waals surface area contributed by atoms with Crippen LogP contribution in [0.2, 0.25) is 0 Å². The lowest BCUT2D eigenvalue weighted by Gasteiger charge is -2.29. The van der Waals surface area contributed by atoms with E-state index in [1.165, 1.54) is 23.1 Å². The molecule has 1 heterocycles. The molecule has 0 aromatic heterocycles. The number of hydrogen-bond acceptors (Lipinski definition) is 2.